The normalized spacial score (nSPS) is 18.9. The third kappa shape index (κ3) is 3.15. The summed E-state index contributed by atoms with van der Waals surface area (Å²) in [5.41, 5.74) is 9.90. The summed E-state index contributed by atoms with van der Waals surface area (Å²) in [6.45, 7) is 1.99. The second kappa shape index (κ2) is 6.40. The van der Waals surface area contributed by atoms with Crippen molar-refractivity contribution in [3.05, 3.63) is 0 Å². The summed E-state index contributed by atoms with van der Waals surface area (Å²) in [5.74, 6) is -0.912. The number of amides is 2. The van der Waals surface area contributed by atoms with E-state index in [2.05, 4.69) is 5.16 Å². The number of oxime groups is 1. The van der Waals surface area contributed by atoms with Crippen LogP contribution < -0.4 is 11.5 Å². The van der Waals surface area contributed by atoms with Gasteiger partial charge in [-0.1, -0.05) is 24.4 Å². The average molecular weight is 270 g/mol. The van der Waals surface area contributed by atoms with Crippen molar-refractivity contribution in [1.29, 1.82) is 0 Å². The van der Waals surface area contributed by atoms with E-state index in [0.29, 0.717) is 19.4 Å². The summed E-state index contributed by atoms with van der Waals surface area (Å²) < 4.78 is 0. The number of likely N-dealkylation sites (N-methyl/N-ethyl adjacent to an activating group) is 1. The number of rotatable bonds is 5. The van der Waals surface area contributed by atoms with E-state index >= 15 is 0 Å². The van der Waals surface area contributed by atoms with Crippen LogP contribution in [0.15, 0.2) is 5.16 Å². The lowest BCUT2D eigenvalue weighted by Crippen LogP contribution is -2.53. The molecule has 0 aromatic carbocycles. The average Bonchev–Trinajstić information content (AvgIpc) is 2.43. The van der Waals surface area contributed by atoms with Gasteiger partial charge in [-0.2, -0.15) is 0 Å². The molecule has 0 unspecified atom stereocenters. The summed E-state index contributed by atoms with van der Waals surface area (Å²) in [6.07, 6.45) is 3.79. The van der Waals surface area contributed by atoms with E-state index < -0.39 is 11.3 Å². The Hall–Kier alpha value is -1.79. The molecule has 5 N–H and O–H groups in total. The topological polar surface area (TPSA) is 122 Å². The second-order valence-electron chi connectivity index (χ2n) is 4.91. The lowest BCUT2D eigenvalue weighted by molar-refractivity contribution is -0.142. The molecule has 0 bridgehead atoms. The van der Waals surface area contributed by atoms with Crippen LogP contribution in [0.3, 0.4) is 0 Å². The molecule has 0 saturated heterocycles. The van der Waals surface area contributed by atoms with Gasteiger partial charge in [0.25, 0.3) is 0 Å². The van der Waals surface area contributed by atoms with Crippen LogP contribution in [0, 0.1) is 5.41 Å². The Morgan fingerprint density at radius 2 is 1.84 bits per heavy atom. The maximum atomic E-state index is 12.6. The van der Waals surface area contributed by atoms with Crippen molar-refractivity contribution in [2.75, 3.05) is 13.1 Å². The monoisotopic (exact) mass is 270 g/mol. The maximum Gasteiger partial charge on any atom is 0.237 e. The van der Waals surface area contributed by atoms with E-state index in [-0.39, 0.29) is 18.3 Å². The second-order valence-corrected chi connectivity index (χ2v) is 4.91. The van der Waals surface area contributed by atoms with E-state index in [4.69, 9.17) is 16.7 Å². The van der Waals surface area contributed by atoms with Gasteiger partial charge in [-0.25, -0.2) is 0 Å². The van der Waals surface area contributed by atoms with E-state index in [0.717, 1.165) is 19.3 Å². The highest BCUT2D eigenvalue weighted by atomic mass is 16.4. The number of primary amides is 1. The van der Waals surface area contributed by atoms with Crippen LogP contribution in [0.25, 0.3) is 0 Å². The van der Waals surface area contributed by atoms with Crippen LogP contribution in [0.2, 0.25) is 0 Å². The largest absolute Gasteiger partial charge is 0.409 e. The Morgan fingerprint density at radius 3 is 2.26 bits per heavy atom. The summed E-state index contributed by atoms with van der Waals surface area (Å²) in [7, 11) is 0. The molecular formula is C12H22N4O3. The molecule has 1 fully saturated rings. The molecule has 0 aliphatic heterocycles. The Kier molecular flexibility index (Phi) is 5.14. The molecule has 0 atom stereocenters. The molecule has 108 valence electrons. The summed E-state index contributed by atoms with van der Waals surface area (Å²) >= 11 is 0. The van der Waals surface area contributed by atoms with Gasteiger partial charge in [-0.05, 0) is 19.8 Å². The first kappa shape index (κ1) is 15.3. The van der Waals surface area contributed by atoms with Crippen LogP contribution in [-0.4, -0.2) is 40.8 Å². The highest BCUT2D eigenvalue weighted by Crippen LogP contribution is 2.38. The molecular weight excluding hydrogens is 248 g/mol. The van der Waals surface area contributed by atoms with Crippen molar-refractivity contribution in [1.82, 2.24) is 4.90 Å². The molecule has 1 saturated carbocycles. The van der Waals surface area contributed by atoms with E-state index in [1.165, 1.54) is 4.90 Å². The lowest BCUT2D eigenvalue weighted by Gasteiger charge is -2.38. The van der Waals surface area contributed by atoms with E-state index in [9.17, 15) is 9.59 Å². The molecule has 1 aliphatic carbocycles. The van der Waals surface area contributed by atoms with Crippen molar-refractivity contribution in [3.63, 3.8) is 0 Å². The first-order chi connectivity index (χ1) is 8.97. The van der Waals surface area contributed by atoms with Gasteiger partial charge < -0.3 is 21.6 Å². The number of hydrogen-bond acceptors (Lipinski definition) is 4. The van der Waals surface area contributed by atoms with Crippen LogP contribution in [-0.2, 0) is 9.59 Å². The molecule has 2 amide bonds. The fraction of sp³-hybridized carbons (Fsp3) is 0.750. The van der Waals surface area contributed by atoms with Gasteiger partial charge in [0.1, 0.15) is 5.41 Å². The zero-order valence-electron chi connectivity index (χ0n) is 11.3. The van der Waals surface area contributed by atoms with Crippen molar-refractivity contribution in [2.24, 2.45) is 22.0 Å². The highest BCUT2D eigenvalue weighted by molar-refractivity contribution is 6.07. The first-order valence-electron chi connectivity index (χ1n) is 6.53. The number of amidine groups is 1. The smallest absolute Gasteiger partial charge is 0.237 e. The maximum absolute atomic E-state index is 12.6. The number of hydrogen-bond donors (Lipinski definition) is 3. The van der Waals surface area contributed by atoms with Crippen LogP contribution in [0.4, 0.5) is 0 Å². The molecule has 1 aliphatic rings. The standard InChI is InChI=1S/C12H22N4O3/c1-2-16(8-9(13)17)11(18)12(10(14)15-19)6-4-3-5-7-12/h19H,2-8H2,1H3,(H2,13,17)(H2,14,15). The molecule has 0 spiro atoms. The predicted octanol–water partition coefficient (Wildman–Crippen LogP) is 0.0171. The van der Waals surface area contributed by atoms with Gasteiger partial charge in [0.05, 0.1) is 6.54 Å². The zero-order chi connectivity index (χ0) is 14.5. The SMILES string of the molecule is CCN(CC(N)=O)C(=O)C1(C(N)=NO)CCCCC1. The molecule has 0 heterocycles. The molecule has 19 heavy (non-hydrogen) atoms. The van der Waals surface area contributed by atoms with Crippen molar-refractivity contribution >= 4 is 17.6 Å². The highest BCUT2D eigenvalue weighted by Gasteiger charge is 2.46. The Morgan fingerprint density at radius 1 is 1.26 bits per heavy atom. The molecule has 7 heteroatoms. The van der Waals surface area contributed by atoms with Crippen molar-refractivity contribution in [2.45, 2.75) is 39.0 Å². The number of carbonyl (C=O) groups is 2. The van der Waals surface area contributed by atoms with E-state index in [1.807, 2.05) is 0 Å². The Labute approximate surface area is 112 Å². The number of carbonyl (C=O) groups excluding carboxylic acids is 2. The van der Waals surface area contributed by atoms with Crippen LogP contribution >= 0.6 is 0 Å². The van der Waals surface area contributed by atoms with Crippen molar-refractivity contribution < 1.29 is 14.8 Å². The van der Waals surface area contributed by atoms with Gasteiger partial charge in [0.2, 0.25) is 11.8 Å². The number of nitrogens with zero attached hydrogens (tertiary/aromatic N) is 2. The molecule has 1 rings (SSSR count). The summed E-state index contributed by atoms with van der Waals surface area (Å²) in [5, 5.41) is 12.0. The summed E-state index contributed by atoms with van der Waals surface area (Å²) in [6, 6.07) is 0. The molecule has 0 aromatic heterocycles. The van der Waals surface area contributed by atoms with Crippen LogP contribution in [0.5, 0.6) is 0 Å². The molecule has 7 nitrogen and oxygen atoms in total. The summed E-state index contributed by atoms with van der Waals surface area (Å²) in [4.78, 5) is 25.0. The predicted molar refractivity (Wildman–Crippen MR) is 70.4 cm³/mol. The fourth-order valence-corrected chi connectivity index (χ4v) is 2.65. The van der Waals surface area contributed by atoms with Crippen molar-refractivity contribution in [3.8, 4) is 0 Å². The Bertz CT molecular complexity index is 375. The van der Waals surface area contributed by atoms with Gasteiger partial charge in [-0.15, -0.1) is 0 Å². The first-order valence-corrected chi connectivity index (χ1v) is 6.53. The third-order valence-electron chi connectivity index (χ3n) is 3.73. The fourth-order valence-electron chi connectivity index (χ4n) is 2.65. The minimum absolute atomic E-state index is 0.0693. The van der Waals surface area contributed by atoms with Crippen LogP contribution in [0.1, 0.15) is 39.0 Å². The Balaban J connectivity index is 3.03. The third-order valence-corrected chi connectivity index (χ3v) is 3.73. The van der Waals surface area contributed by atoms with Gasteiger partial charge in [0, 0.05) is 6.54 Å². The van der Waals surface area contributed by atoms with E-state index in [1.54, 1.807) is 6.92 Å². The van der Waals surface area contributed by atoms with Gasteiger partial charge >= 0.3 is 0 Å². The van der Waals surface area contributed by atoms with Gasteiger partial charge in [-0.3, -0.25) is 9.59 Å². The molecule has 0 aromatic rings. The minimum Gasteiger partial charge on any atom is -0.409 e. The zero-order valence-corrected chi connectivity index (χ0v) is 11.3. The minimum atomic E-state index is -0.988. The lowest BCUT2D eigenvalue weighted by atomic mass is 9.72. The van der Waals surface area contributed by atoms with Gasteiger partial charge in [0.15, 0.2) is 5.84 Å². The molecule has 0 radical (unpaired) electrons. The number of nitrogens with two attached hydrogens (primary N) is 2. The quantitative estimate of drug-likeness (QED) is 0.282.